The molecule has 2 rings (SSSR count). The molecule has 4 heteroatoms. The van der Waals surface area contributed by atoms with E-state index in [4.69, 9.17) is 4.52 Å². The summed E-state index contributed by atoms with van der Waals surface area (Å²) in [6, 6.07) is 9.22. The third-order valence-corrected chi connectivity index (χ3v) is 2.49. The summed E-state index contributed by atoms with van der Waals surface area (Å²) in [5, 5.41) is 3.78. The molecule has 0 amide bonds. The summed E-state index contributed by atoms with van der Waals surface area (Å²) in [5.41, 5.74) is 1.56. The molecule has 1 aromatic heterocycles. The van der Waals surface area contributed by atoms with E-state index in [1.807, 2.05) is 24.3 Å². The highest BCUT2D eigenvalue weighted by atomic mass is 79.9. The van der Waals surface area contributed by atoms with Gasteiger partial charge in [0.25, 0.3) is 0 Å². The van der Waals surface area contributed by atoms with Crippen LogP contribution in [0.15, 0.2) is 39.3 Å². The van der Waals surface area contributed by atoms with Crippen LogP contribution in [0.25, 0.3) is 11.3 Å². The van der Waals surface area contributed by atoms with E-state index in [0.717, 1.165) is 10.0 Å². The second-order valence-corrected chi connectivity index (χ2v) is 3.57. The Morgan fingerprint density at radius 1 is 1.36 bits per heavy atom. The van der Waals surface area contributed by atoms with Crippen molar-refractivity contribution < 1.29 is 9.32 Å². The predicted molar refractivity (Wildman–Crippen MR) is 55.0 cm³/mol. The van der Waals surface area contributed by atoms with E-state index in [1.54, 1.807) is 6.07 Å². The zero-order chi connectivity index (χ0) is 9.97. The lowest BCUT2D eigenvalue weighted by Gasteiger charge is -1.97. The Balaban J connectivity index is 2.49. The van der Waals surface area contributed by atoms with Crippen molar-refractivity contribution in [1.29, 1.82) is 0 Å². The van der Waals surface area contributed by atoms with Crippen LogP contribution in [-0.2, 0) is 0 Å². The van der Waals surface area contributed by atoms with Crippen LogP contribution in [0, 0.1) is 0 Å². The van der Waals surface area contributed by atoms with Crippen LogP contribution in [0.2, 0.25) is 0 Å². The number of benzene rings is 1. The van der Waals surface area contributed by atoms with Gasteiger partial charge < -0.3 is 4.52 Å². The van der Waals surface area contributed by atoms with Crippen molar-refractivity contribution in [3.8, 4) is 11.3 Å². The molecule has 0 spiro atoms. The molecule has 0 unspecified atom stereocenters. The van der Waals surface area contributed by atoms with E-state index < -0.39 is 0 Å². The number of nitrogens with zero attached hydrogens (tertiary/aromatic N) is 1. The minimum Gasteiger partial charge on any atom is -0.353 e. The van der Waals surface area contributed by atoms with E-state index in [-0.39, 0.29) is 5.76 Å². The summed E-state index contributed by atoms with van der Waals surface area (Å²) in [5.74, 6) is 0.232. The van der Waals surface area contributed by atoms with Gasteiger partial charge in [0.2, 0.25) is 0 Å². The van der Waals surface area contributed by atoms with Crippen molar-refractivity contribution in [2.45, 2.75) is 0 Å². The Morgan fingerprint density at radius 2 is 2.14 bits per heavy atom. The molecule has 1 aromatic carbocycles. The van der Waals surface area contributed by atoms with Gasteiger partial charge in [-0.1, -0.05) is 39.3 Å². The molecule has 0 N–H and O–H groups in total. The number of halogens is 1. The van der Waals surface area contributed by atoms with Gasteiger partial charge in [-0.3, -0.25) is 4.79 Å². The fourth-order valence-corrected chi connectivity index (χ4v) is 1.63. The van der Waals surface area contributed by atoms with Gasteiger partial charge in [0.15, 0.2) is 12.0 Å². The molecular weight excluding hydrogens is 246 g/mol. The quantitative estimate of drug-likeness (QED) is 0.771. The van der Waals surface area contributed by atoms with Gasteiger partial charge in [0, 0.05) is 16.1 Å². The highest BCUT2D eigenvalue weighted by molar-refractivity contribution is 9.10. The molecule has 0 fully saturated rings. The van der Waals surface area contributed by atoms with Gasteiger partial charge in [-0.2, -0.15) is 0 Å². The van der Waals surface area contributed by atoms with Gasteiger partial charge in [0.05, 0.1) is 0 Å². The minimum atomic E-state index is 0.232. The van der Waals surface area contributed by atoms with Gasteiger partial charge in [-0.15, -0.1) is 0 Å². The largest absolute Gasteiger partial charge is 0.353 e. The number of carbonyl (C=O) groups excluding carboxylic acids is 1. The summed E-state index contributed by atoms with van der Waals surface area (Å²) in [6.07, 6.45) is 0.632. The first-order valence-corrected chi connectivity index (χ1v) is 4.77. The Bertz CT molecular complexity index is 465. The first-order chi connectivity index (χ1) is 6.81. The Labute approximate surface area is 88.8 Å². The molecule has 1 heterocycles. The normalized spacial score (nSPS) is 10.1. The minimum absolute atomic E-state index is 0.232. The van der Waals surface area contributed by atoms with Crippen molar-refractivity contribution in [3.05, 3.63) is 40.6 Å². The summed E-state index contributed by atoms with van der Waals surface area (Å²) in [7, 11) is 0. The van der Waals surface area contributed by atoms with Crippen LogP contribution < -0.4 is 0 Å². The third kappa shape index (κ3) is 1.61. The molecule has 0 saturated heterocycles. The fraction of sp³-hybridized carbons (Fsp3) is 0. The zero-order valence-electron chi connectivity index (χ0n) is 7.11. The van der Waals surface area contributed by atoms with E-state index in [9.17, 15) is 4.79 Å². The maximum absolute atomic E-state index is 10.4. The molecule has 3 nitrogen and oxygen atoms in total. The number of rotatable bonds is 2. The van der Waals surface area contributed by atoms with E-state index in [2.05, 4.69) is 21.1 Å². The number of aromatic nitrogens is 1. The number of hydrogen-bond donors (Lipinski definition) is 0. The molecule has 14 heavy (non-hydrogen) atoms. The highest BCUT2D eigenvalue weighted by Gasteiger charge is 2.07. The Hall–Kier alpha value is -1.42. The molecular formula is C10H6BrNO2. The molecule has 0 saturated carbocycles. The topological polar surface area (TPSA) is 43.1 Å². The molecule has 0 aliphatic heterocycles. The molecule has 0 aliphatic carbocycles. The van der Waals surface area contributed by atoms with Crippen LogP contribution in [0.1, 0.15) is 10.6 Å². The average Bonchev–Trinajstić information content (AvgIpc) is 2.67. The number of hydrogen-bond acceptors (Lipinski definition) is 3. The van der Waals surface area contributed by atoms with Crippen LogP contribution in [0.5, 0.6) is 0 Å². The molecule has 0 radical (unpaired) electrons. The van der Waals surface area contributed by atoms with Crippen molar-refractivity contribution >= 4 is 22.2 Å². The first-order valence-electron chi connectivity index (χ1n) is 3.98. The average molecular weight is 252 g/mol. The van der Waals surface area contributed by atoms with E-state index in [1.165, 1.54) is 0 Å². The summed E-state index contributed by atoms with van der Waals surface area (Å²) in [6.45, 7) is 0. The lowest BCUT2D eigenvalue weighted by Crippen LogP contribution is -1.77. The summed E-state index contributed by atoms with van der Waals surface area (Å²) in [4.78, 5) is 10.4. The first kappa shape index (κ1) is 9.15. The Kier molecular flexibility index (Phi) is 2.45. The second kappa shape index (κ2) is 3.75. The summed E-state index contributed by atoms with van der Waals surface area (Å²) >= 11 is 3.39. The molecule has 0 bridgehead atoms. The number of aldehydes is 1. The fourth-order valence-electron chi connectivity index (χ4n) is 1.14. The molecule has 0 atom stereocenters. The van der Waals surface area contributed by atoms with Gasteiger partial charge in [0.1, 0.15) is 5.69 Å². The summed E-state index contributed by atoms with van der Waals surface area (Å²) < 4.78 is 5.71. The third-order valence-electron chi connectivity index (χ3n) is 1.79. The Morgan fingerprint density at radius 3 is 2.79 bits per heavy atom. The van der Waals surface area contributed by atoms with E-state index >= 15 is 0 Å². The van der Waals surface area contributed by atoms with Crippen LogP contribution >= 0.6 is 15.9 Å². The van der Waals surface area contributed by atoms with Crippen LogP contribution in [-0.4, -0.2) is 11.4 Å². The van der Waals surface area contributed by atoms with E-state index in [0.29, 0.717) is 12.0 Å². The highest BCUT2D eigenvalue weighted by Crippen LogP contribution is 2.26. The van der Waals surface area contributed by atoms with Gasteiger partial charge >= 0.3 is 0 Å². The SMILES string of the molecule is O=Cc1cc(-c2ccccc2Br)no1. The standard InChI is InChI=1S/C10H6BrNO2/c11-9-4-2-1-3-8(9)10-5-7(6-13)14-12-10/h1-6H. The predicted octanol–water partition coefficient (Wildman–Crippen LogP) is 2.92. The van der Waals surface area contributed by atoms with Crippen molar-refractivity contribution in [2.75, 3.05) is 0 Å². The zero-order valence-corrected chi connectivity index (χ0v) is 8.69. The molecule has 70 valence electrons. The maximum atomic E-state index is 10.4. The maximum Gasteiger partial charge on any atom is 0.199 e. The monoisotopic (exact) mass is 251 g/mol. The second-order valence-electron chi connectivity index (χ2n) is 2.71. The van der Waals surface area contributed by atoms with Gasteiger partial charge in [-0.05, 0) is 6.07 Å². The van der Waals surface area contributed by atoms with Crippen LogP contribution in [0.4, 0.5) is 0 Å². The van der Waals surface area contributed by atoms with Crippen molar-refractivity contribution in [3.63, 3.8) is 0 Å². The van der Waals surface area contributed by atoms with Crippen molar-refractivity contribution in [1.82, 2.24) is 5.16 Å². The van der Waals surface area contributed by atoms with Crippen LogP contribution in [0.3, 0.4) is 0 Å². The smallest absolute Gasteiger partial charge is 0.199 e. The molecule has 2 aromatic rings. The lowest BCUT2D eigenvalue weighted by atomic mass is 10.1. The lowest BCUT2D eigenvalue weighted by molar-refractivity contribution is 0.109. The number of carbonyl (C=O) groups is 1. The molecule has 0 aliphatic rings. The van der Waals surface area contributed by atoms with Crippen molar-refractivity contribution in [2.24, 2.45) is 0 Å². The van der Waals surface area contributed by atoms with Gasteiger partial charge in [-0.25, -0.2) is 0 Å².